The first kappa shape index (κ1) is 16.0. The molecule has 0 bridgehead atoms. The summed E-state index contributed by atoms with van der Waals surface area (Å²) >= 11 is 0. The highest BCUT2D eigenvalue weighted by atomic mass is 16.5. The second kappa shape index (κ2) is 6.81. The molecule has 2 aromatic rings. The van der Waals surface area contributed by atoms with E-state index in [0.717, 1.165) is 39.3 Å². The fourth-order valence-corrected chi connectivity index (χ4v) is 3.87. The van der Waals surface area contributed by atoms with Crippen LogP contribution in [-0.2, 0) is 11.3 Å². The van der Waals surface area contributed by atoms with E-state index >= 15 is 0 Å². The number of aliphatic hydroxyl groups excluding tert-OH is 1. The summed E-state index contributed by atoms with van der Waals surface area (Å²) in [7, 11) is 0. The molecule has 2 saturated heterocycles. The van der Waals surface area contributed by atoms with Gasteiger partial charge in [-0.1, -0.05) is 42.5 Å². The zero-order valence-electron chi connectivity index (χ0n) is 14.2. The van der Waals surface area contributed by atoms with Crippen LogP contribution < -0.4 is 0 Å². The number of hydrogen-bond acceptors (Lipinski definition) is 4. The Morgan fingerprint density at radius 1 is 0.917 bits per heavy atom. The van der Waals surface area contributed by atoms with Gasteiger partial charge in [0.15, 0.2) is 0 Å². The third-order valence-electron chi connectivity index (χ3n) is 5.45. The monoisotopic (exact) mass is 326 g/mol. The molecule has 2 aliphatic rings. The van der Waals surface area contributed by atoms with Crippen molar-refractivity contribution in [2.24, 2.45) is 5.41 Å². The summed E-state index contributed by atoms with van der Waals surface area (Å²) in [6.07, 6.45) is 0. The molecule has 0 amide bonds. The van der Waals surface area contributed by atoms with E-state index < -0.39 is 0 Å². The number of aliphatic hydroxyl groups is 1. The fraction of sp³-hybridized carbons (Fsp3) is 0.500. The highest BCUT2D eigenvalue weighted by Crippen LogP contribution is 2.28. The van der Waals surface area contributed by atoms with E-state index in [1.165, 1.54) is 16.3 Å². The number of benzene rings is 2. The van der Waals surface area contributed by atoms with Gasteiger partial charge < -0.3 is 9.84 Å². The lowest BCUT2D eigenvalue weighted by molar-refractivity contribution is -0.150. The van der Waals surface area contributed by atoms with Crippen LogP contribution in [0.2, 0.25) is 0 Å². The van der Waals surface area contributed by atoms with Crippen LogP contribution in [0.15, 0.2) is 42.5 Å². The molecule has 0 radical (unpaired) electrons. The van der Waals surface area contributed by atoms with Crippen LogP contribution in [0, 0.1) is 5.41 Å². The Balaban J connectivity index is 1.36. The minimum Gasteiger partial charge on any atom is -0.396 e. The zero-order valence-corrected chi connectivity index (χ0v) is 14.2. The molecule has 128 valence electrons. The van der Waals surface area contributed by atoms with Crippen molar-refractivity contribution in [3.8, 4) is 0 Å². The molecule has 0 saturated carbocycles. The Hall–Kier alpha value is -1.46. The van der Waals surface area contributed by atoms with Gasteiger partial charge in [0.2, 0.25) is 0 Å². The highest BCUT2D eigenvalue weighted by Gasteiger charge is 2.40. The third-order valence-corrected chi connectivity index (χ3v) is 5.45. The van der Waals surface area contributed by atoms with Crippen LogP contribution in [-0.4, -0.2) is 67.5 Å². The largest absolute Gasteiger partial charge is 0.396 e. The zero-order chi connectivity index (χ0) is 16.4. The fourth-order valence-electron chi connectivity index (χ4n) is 3.87. The predicted octanol–water partition coefficient (Wildman–Crippen LogP) is 1.97. The van der Waals surface area contributed by atoms with Gasteiger partial charge in [0.1, 0.15) is 0 Å². The summed E-state index contributed by atoms with van der Waals surface area (Å²) < 4.78 is 5.31. The lowest BCUT2D eigenvalue weighted by atomic mass is 9.86. The maximum Gasteiger partial charge on any atom is 0.0579 e. The van der Waals surface area contributed by atoms with Gasteiger partial charge in [-0.05, 0) is 16.3 Å². The van der Waals surface area contributed by atoms with Crippen molar-refractivity contribution in [3.05, 3.63) is 48.0 Å². The lowest BCUT2D eigenvalue weighted by Crippen LogP contribution is -2.56. The first-order chi connectivity index (χ1) is 11.8. The average molecular weight is 326 g/mol. The van der Waals surface area contributed by atoms with Gasteiger partial charge in [0, 0.05) is 39.3 Å². The van der Waals surface area contributed by atoms with Gasteiger partial charge in [0.05, 0.1) is 25.2 Å². The van der Waals surface area contributed by atoms with Gasteiger partial charge in [-0.15, -0.1) is 0 Å². The van der Waals surface area contributed by atoms with Gasteiger partial charge in [-0.25, -0.2) is 0 Å². The molecule has 4 rings (SSSR count). The van der Waals surface area contributed by atoms with E-state index in [9.17, 15) is 5.11 Å². The van der Waals surface area contributed by atoms with E-state index in [0.29, 0.717) is 13.2 Å². The molecule has 24 heavy (non-hydrogen) atoms. The summed E-state index contributed by atoms with van der Waals surface area (Å²) in [4.78, 5) is 5.03. The normalized spacial score (nSPS) is 21.7. The molecular weight excluding hydrogens is 300 g/mol. The predicted molar refractivity (Wildman–Crippen MR) is 96.0 cm³/mol. The Morgan fingerprint density at radius 3 is 2.33 bits per heavy atom. The van der Waals surface area contributed by atoms with Crippen molar-refractivity contribution in [3.63, 3.8) is 0 Å². The molecule has 0 aliphatic carbocycles. The quantitative estimate of drug-likeness (QED) is 0.911. The second-order valence-electron chi connectivity index (χ2n) is 7.34. The SMILES string of the molecule is OCC1(CN2CCN(Cc3cccc4ccccc34)CC2)COC1. The van der Waals surface area contributed by atoms with E-state index in [2.05, 4.69) is 52.3 Å². The summed E-state index contributed by atoms with van der Waals surface area (Å²) in [5.74, 6) is 0. The first-order valence-corrected chi connectivity index (χ1v) is 8.88. The molecule has 2 heterocycles. The minimum absolute atomic E-state index is 0.00218. The highest BCUT2D eigenvalue weighted by molar-refractivity contribution is 5.85. The Bertz CT molecular complexity index is 680. The number of fused-ring (bicyclic) bond motifs is 1. The van der Waals surface area contributed by atoms with Crippen LogP contribution in [0.4, 0.5) is 0 Å². The van der Waals surface area contributed by atoms with Gasteiger partial charge in [0.25, 0.3) is 0 Å². The maximum atomic E-state index is 9.60. The van der Waals surface area contributed by atoms with Crippen LogP contribution in [0.5, 0.6) is 0 Å². The molecule has 0 unspecified atom stereocenters. The Labute approximate surface area is 143 Å². The van der Waals surface area contributed by atoms with Crippen molar-refractivity contribution < 1.29 is 9.84 Å². The van der Waals surface area contributed by atoms with E-state index in [1.807, 2.05) is 0 Å². The standard InChI is InChI=1S/C20H26N2O2/c23-14-20(15-24-16-20)13-22-10-8-21(9-11-22)12-18-6-3-5-17-4-1-2-7-19(17)18/h1-7,23H,8-16H2. The molecule has 0 aromatic heterocycles. The first-order valence-electron chi connectivity index (χ1n) is 8.88. The van der Waals surface area contributed by atoms with Gasteiger partial charge in [-0.2, -0.15) is 0 Å². The van der Waals surface area contributed by atoms with Crippen molar-refractivity contribution in [2.45, 2.75) is 6.54 Å². The third kappa shape index (κ3) is 3.20. The second-order valence-corrected chi connectivity index (χ2v) is 7.34. The van der Waals surface area contributed by atoms with Crippen molar-refractivity contribution in [2.75, 3.05) is 52.5 Å². The molecule has 4 heteroatoms. The molecule has 2 fully saturated rings. The Kier molecular flexibility index (Phi) is 4.55. The van der Waals surface area contributed by atoms with Crippen LogP contribution in [0.3, 0.4) is 0 Å². The number of ether oxygens (including phenoxy) is 1. The van der Waals surface area contributed by atoms with Crippen LogP contribution >= 0.6 is 0 Å². The summed E-state index contributed by atoms with van der Waals surface area (Å²) in [5, 5.41) is 12.3. The molecule has 0 atom stereocenters. The van der Waals surface area contributed by atoms with Crippen molar-refractivity contribution in [1.82, 2.24) is 9.80 Å². The number of hydrogen-bond donors (Lipinski definition) is 1. The number of piperazine rings is 1. The molecule has 0 spiro atoms. The molecular formula is C20H26N2O2. The molecule has 4 nitrogen and oxygen atoms in total. The molecule has 2 aliphatic heterocycles. The summed E-state index contributed by atoms with van der Waals surface area (Å²) in [6.45, 7) is 7.97. The number of nitrogens with zero attached hydrogens (tertiary/aromatic N) is 2. The van der Waals surface area contributed by atoms with Crippen molar-refractivity contribution >= 4 is 10.8 Å². The van der Waals surface area contributed by atoms with E-state index in [-0.39, 0.29) is 12.0 Å². The van der Waals surface area contributed by atoms with Crippen LogP contribution in [0.1, 0.15) is 5.56 Å². The smallest absolute Gasteiger partial charge is 0.0579 e. The summed E-state index contributed by atoms with van der Waals surface area (Å²) in [5.41, 5.74) is 1.42. The van der Waals surface area contributed by atoms with Gasteiger partial charge in [-0.3, -0.25) is 9.80 Å². The topological polar surface area (TPSA) is 35.9 Å². The van der Waals surface area contributed by atoms with Crippen molar-refractivity contribution in [1.29, 1.82) is 0 Å². The van der Waals surface area contributed by atoms with E-state index in [4.69, 9.17) is 4.74 Å². The van der Waals surface area contributed by atoms with Crippen LogP contribution in [0.25, 0.3) is 10.8 Å². The minimum atomic E-state index is -0.00218. The average Bonchev–Trinajstić information content (AvgIpc) is 2.60. The van der Waals surface area contributed by atoms with E-state index in [1.54, 1.807) is 0 Å². The number of rotatable bonds is 5. The Morgan fingerprint density at radius 2 is 1.62 bits per heavy atom. The maximum absolute atomic E-state index is 9.60. The molecule has 2 aromatic carbocycles. The summed E-state index contributed by atoms with van der Waals surface area (Å²) in [6, 6.07) is 15.2. The lowest BCUT2D eigenvalue weighted by Gasteiger charge is -2.45. The molecule has 1 N–H and O–H groups in total. The van der Waals surface area contributed by atoms with Gasteiger partial charge >= 0.3 is 0 Å².